The van der Waals surface area contributed by atoms with E-state index >= 15 is 0 Å². The van der Waals surface area contributed by atoms with Gasteiger partial charge in [-0.05, 0) is 23.3 Å². The third-order valence-electron chi connectivity index (χ3n) is 3.85. The smallest absolute Gasteiger partial charge is 0.261 e. The zero-order valence-corrected chi connectivity index (χ0v) is 12.4. The monoisotopic (exact) mass is 316 g/mol. The second kappa shape index (κ2) is 4.58. The summed E-state index contributed by atoms with van der Waals surface area (Å²) in [5, 5.41) is 1.33. The van der Waals surface area contributed by atoms with Gasteiger partial charge in [0.2, 0.25) is 0 Å². The van der Waals surface area contributed by atoms with Crippen molar-refractivity contribution < 1.29 is 0 Å². The Morgan fingerprint density at radius 1 is 1.10 bits per heavy atom. The zero-order valence-electron chi connectivity index (χ0n) is 10.9. The quantitative estimate of drug-likeness (QED) is 0.496. The van der Waals surface area contributed by atoms with E-state index in [1.54, 1.807) is 16.7 Å². The van der Waals surface area contributed by atoms with Crippen molar-refractivity contribution in [1.82, 2.24) is 9.55 Å². The molecule has 2 heterocycles. The normalized spacial score (nSPS) is 13.0. The van der Waals surface area contributed by atoms with Crippen molar-refractivity contribution in [3.63, 3.8) is 0 Å². The van der Waals surface area contributed by atoms with E-state index in [0.717, 1.165) is 11.4 Å². The van der Waals surface area contributed by atoms with Crippen LogP contribution in [0.4, 0.5) is 0 Å². The molecule has 4 rings (SSSR count). The predicted octanol–water partition coefficient (Wildman–Crippen LogP) is 3.66. The average Bonchev–Trinajstić information content (AvgIpc) is 2.47. The molecule has 3 aromatic rings. The molecule has 3 nitrogen and oxygen atoms in total. The van der Waals surface area contributed by atoms with Crippen LogP contribution in [0.1, 0.15) is 17.0 Å². The Kier molecular flexibility index (Phi) is 2.81. The Balaban J connectivity index is 2.03. The fraction of sp³-hybridized carbons (Fsp3) is 0.125. The lowest BCUT2D eigenvalue weighted by Crippen LogP contribution is -2.29. The van der Waals surface area contributed by atoms with Gasteiger partial charge < -0.3 is 0 Å². The van der Waals surface area contributed by atoms with Gasteiger partial charge in [0.1, 0.15) is 5.82 Å². The third-order valence-corrected chi connectivity index (χ3v) is 4.36. The van der Waals surface area contributed by atoms with E-state index in [0.29, 0.717) is 33.9 Å². The minimum absolute atomic E-state index is 0.0890. The minimum atomic E-state index is -0.0890. The molecule has 1 aliphatic heterocycles. The number of aromatic nitrogens is 2. The second-order valence-corrected chi connectivity index (χ2v) is 5.99. The Morgan fingerprint density at radius 2 is 1.86 bits per heavy atom. The highest BCUT2D eigenvalue weighted by Crippen LogP contribution is 2.27. The first-order chi connectivity index (χ1) is 10.1. The molecule has 104 valence electrons. The van der Waals surface area contributed by atoms with Gasteiger partial charge in [-0.15, -0.1) is 0 Å². The van der Waals surface area contributed by atoms with Gasteiger partial charge in [0, 0.05) is 11.4 Å². The van der Waals surface area contributed by atoms with Crippen LogP contribution in [0, 0.1) is 0 Å². The maximum Gasteiger partial charge on any atom is 0.261 e. The van der Waals surface area contributed by atoms with Crippen molar-refractivity contribution in [2.45, 2.75) is 13.0 Å². The summed E-state index contributed by atoms with van der Waals surface area (Å²) in [4.78, 5) is 17.3. The van der Waals surface area contributed by atoms with E-state index in [4.69, 9.17) is 23.2 Å². The molecule has 21 heavy (non-hydrogen) atoms. The van der Waals surface area contributed by atoms with E-state index in [1.165, 1.54) is 5.56 Å². The van der Waals surface area contributed by atoms with Gasteiger partial charge >= 0.3 is 0 Å². The van der Waals surface area contributed by atoms with Gasteiger partial charge in [-0.3, -0.25) is 9.36 Å². The van der Waals surface area contributed by atoms with Gasteiger partial charge in [0.25, 0.3) is 5.56 Å². The predicted molar refractivity (Wildman–Crippen MR) is 84.4 cm³/mol. The van der Waals surface area contributed by atoms with E-state index in [2.05, 4.69) is 11.1 Å². The molecule has 0 aliphatic carbocycles. The summed E-state index contributed by atoms with van der Waals surface area (Å²) in [5.74, 6) is 0.746. The SMILES string of the molecule is O=c1c2cc(Cl)cc(Cl)c2nc2n1Cc1ccccc1C2. The summed E-state index contributed by atoms with van der Waals surface area (Å²) >= 11 is 12.2. The highest BCUT2D eigenvalue weighted by atomic mass is 35.5. The molecule has 1 aromatic heterocycles. The summed E-state index contributed by atoms with van der Waals surface area (Å²) < 4.78 is 1.71. The number of halogens is 2. The third kappa shape index (κ3) is 1.96. The van der Waals surface area contributed by atoms with Gasteiger partial charge in [-0.1, -0.05) is 47.5 Å². The number of benzene rings is 2. The van der Waals surface area contributed by atoms with Crippen LogP contribution in [0.2, 0.25) is 10.0 Å². The highest BCUT2D eigenvalue weighted by molar-refractivity contribution is 6.38. The first-order valence-electron chi connectivity index (χ1n) is 6.59. The van der Waals surface area contributed by atoms with Crippen molar-refractivity contribution in [1.29, 1.82) is 0 Å². The van der Waals surface area contributed by atoms with Crippen molar-refractivity contribution in [2.75, 3.05) is 0 Å². The van der Waals surface area contributed by atoms with Crippen LogP contribution in [0.15, 0.2) is 41.2 Å². The van der Waals surface area contributed by atoms with E-state index in [9.17, 15) is 4.79 Å². The molecule has 0 fully saturated rings. The van der Waals surface area contributed by atoms with Gasteiger partial charge in [-0.25, -0.2) is 4.98 Å². The maximum absolute atomic E-state index is 12.7. The second-order valence-electron chi connectivity index (χ2n) is 5.15. The summed E-state index contributed by atoms with van der Waals surface area (Å²) in [7, 11) is 0. The largest absolute Gasteiger partial charge is 0.291 e. The Morgan fingerprint density at radius 3 is 2.67 bits per heavy atom. The maximum atomic E-state index is 12.7. The summed E-state index contributed by atoms with van der Waals surface area (Å²) in [6, 6.07) is 11.3. The van der Waals surface area contributed by atoms with Crippen LogP contribution in [0.5, 0.6) is 0 Å². The van der Waals surface area contributed by atoms with Crippen LogP contribution >= 0.6 is 23.2 Å². The topological polar surface area (TPSA) is 34.9 Å². The zero-order chi connectivity index (χ0) is 14.6. The lowest BCUT2D eigenvalue weighted by Gasteiger charge is -2.21. The number of hydrogen-bond donors (Lipinski definition) is 0. The number of hydrogen-bond acceptors (Lipinski definition) is 2. The van der Waals surface area contributed by atoms with Crippen molar-refractivity contribution in [2.24, 2.45) is 0 Å². The molecule has 0 unspecified atom stereocenters. The molecular formula is C16H10Cl2N2O. The molecule has 0 saturated heterocycles. The molecular weight excluding hydrogens is 307 g/mol. The number of fused-ring (bicyclic) bond motifs is 3. The van der Waals surface area contributed by atoms with Gasteiger partial charge in [-0.2, -0.15) is 0 Å². The van der Waals surface area contributed by atoms with Crippen LogP contribution in [-0.4, -0.2) is 9.55 Å². The van der Waals surface area contributed by atoms with Crippen molar-refractivity contribution in [3.05, 3.63) is 73.7 Å². The number of rotatable bonds is 0. The molecule has 0 bridgehead atoms. The molecule has 2 aromatic carbocycles. The molecule has 5 heteroatoms. The van der Waals surface area contributed by atoms with Crippen LogP contribution in [0.3, 0.4) is 0 Å². The lowest BCUT2D eigenvalue weighted by molar-refractivity contribution is 0.659. The Labute approximate surface area is 130 Å². The lowest BCUT2D eigenvalue weighted by atomic mass is 10.0. The van der Waals surface area contributed by atoms with Crippen LogP contribution in [-0.2, 0) is 13.0 Å². The fourth-order valence-corrected chi connectivity index (χ4v) is 3.35. The Hall–Kier alpha value is -1.84. The summed E-state index contributed by atoms with van der Waals surface area (Å²) in [6.07, 6.45) is 0.639. The van der Waals surface area contributed by atoms with Gasteiger partial charge in [0.05, 0.1) is 22.5 Å². The standard InChI is InChI=1S/C16H10Cl2N2O/c17-11-6-12-15(13(18)7-11)19-14-5-9-3-1-2-4-10(9)8-20(14)16(12)21/h1-4,6-7H,5,8H2. The summed E-state index contributed by atoms with van der Waals surface area (Å²) in [5.41, 5.74) is 2.79. The molecule has 0 saturated carbocycles. The minimum Gasteiger partial charge on any atom is -0.291 e. The average molecular weight is 317 g/mol. The first-order valence-corrected chi connectivity index (χ1v) is 7.34. The first kappa shape index (κ1) is 12.9. The number of nitrogens with zero attached hydrogens (tertiary/aromatic N) is 2. The molecule has 0 spiro atoms. The molecule has 0 amide bonds. The molecule has 0 radical (unpaired) electrons. The van der Waals surface area contributed by atoms with Crippen molar-refractivity contribution in [3.8, 4) is 0 Å². The van der Waals surface area contributed by atoms with E-state index in [1.807, 2.05) is 18.2 Å². The molecule has 0 N–H and O–H groups in total. The summed E-state index contributed by atoms with van der Waals surface area (Å²) in [6.45, 7) is 0.539. The van der Waals surface area contributed by atoms with Crippen molar-refractivity contribution >= 4 is 34.1 Å². The fourth-order valence-electron chi connectivity index (χ4n) is 2.82. The van der Waals surface area contributed by atoms with Crippen LogP contribution < -0.4 is 5.56 Å². The molecule has 0 atom stereocenters. The van der Waals surface area contributed by atoms with E-state index in [-0.39, 0.29) is 5.56 Å². The van der Waals surface area contributed by atoms with Gasteiger partial charge in [0.15, 0.2) is 0 Å². The van der Waals surface area contributed by atoms with E-state index < -0.39 is 0 Å². The Bertz CT molecular complexity index is 947. The highest BCUT2D eigenvalue weighted by Gasteiger charge is 2.19. The van der Waals surface area contributed by atoms with Crippen LogP contribution in [0.25, 0.3) is 10.9 Å². The molecule has 1 aliphatic rings.